The van der Waals surface area contributed by atoms with Crippen molar-refractivity contribution in [1.82, 2.24) is 20.4 Å². The van der Waals surface area contributed by atoms with Crippen molar-refractivity contribution in [2.24, 2.45) is 0 Å². The number of rotatable bonds is 9. The summed E-state index contributed by atoms with van der Waals surface area (Å²) >= 11 is 12.2. The van der Waals surface area contributed by atoms with Gasteiger partial charge in [-0.25, -0.2) is 13.2 Å². The van der Waals surface area contributed by atoms with Gasteiger partial charge in [-0.3, -0.25) is 14.5 Å². The molecule has 0 aromatic heterocycles. The largest absolute Gasteiger partial charge is 0.465 e. The predicted octanol–water partition coefficient (Wildman–Crippen LogP) is 3.65. The lowest BCUT2D eigenvalue weighted by atomic mass is 10.0. The standard InChI is InChI=1S/C25H27Cl2F3N4O6S/c1-2-41(39,40)21-4-3-17(26)9-16(21)12-31-23(36)15-10-19(25(28,29)30)18(20(27)11-15)14-33-5-7-34(8-6-33)22(35)13-32-24(37)38/h3-4,9-11,32H,2,5-8,12-14H2,1H3,(H,31,36)(H,37,38). The van der Waals surface area contributed by atoms with Crippen molar-refractivity contribution in [2.45, 2.75) is 31.1 Å². The van der Waals surface area contributed by atoms with Crippen LogP contribution in [-0.2, 0) is 33.9 Å². The van der Waals surface area contributed by atoms with E-state index in [4.69, 9.17) is 28.3 Å². The molecule has 1 heterocycles. The zero-order valence-electron chi connectivity index (χ0n) is 21.7. The van der Waals surface area contributed by atoms with Gasteiger partial charge < -0.3 is 20.6 Å². The SMILES string of the molecule is CCS(=O)(=O)c1ccc(Cl)cc1CNC(=O)c1cc(Cl)c(CN2CCN(C(=O)CNC(=O)O)CC2)c(C(F)(F)F)c1. The van der Waals surface area contributed by atoms with Crippen LogP contribution in [0, 0.1) is 0 Å². The number of carbonyl (C=O) groups is 3. The molecule has 1 saturated heterocycles. The smallest absolute Gasteiger partial charge is 0.416 e. The maximum atomic E-state index is 14.1. The van der Waals surface area contributed by atoms with E-state index in [1.807, 2.05) is 5.32 Å². The molecule has 1 fully saturated rings. The topological polar surface area (TPSA) is 136 Å². The quantitative estimate of drug-likeness (QED) is 0.381. The lowest BCUT2D eigenvalue weighted by Crippen LogP contribution is -2.50. The van der Waals surface area contributed by atoms with Gasteiger partial charge in [-0.2, -0.15) is 13.2 Å². The number of halogens is 5. The van der Waals surface area contributed by atoms with E-state index in [9.17, 15) is 36.0 Å². The summed E-state index contributed by atoms with van der Waals surface area (Å²) < 4.78 is 67.0. The van der Waals surface area contributed by atoms with E-state index in [0.29, 0.717) is 6.07 Å². The number of hydrogen-bond donors (Lipinski definition) is 3. The molecule has 3 N–H and O–H groups in total. The molecule has 1 aliphatic heterocycles. The van der Waals surface area contributed by atoms with Crippen molar-refractivity contribution < 1.29 is 41.1 Å². The molecule has 3 amide bonds. The Labute approximate surface area is 244 Å². The number of nitrogens with one attached hydrogen (secondary N) is 2. The fourth-order valence-electron chi connectivity index (χ4n) is 4.25. The Balaban J connectivity index is 1.76. The highest BCUT2D eigenvalue weighted by Crippen LogP contribution is 2.37. The second-order valence-corrected chi connectivity index (χ2v) is 12.2. The molecule has 0 aliphatic carbocycles. The number of benzene rings is 2. The molecule has 0 bridgehead atoms. The van der Waals surface area contributed by atoms with Crippen LogP contribution in [0.5, 0.6) is 0 Å². The number of nitrogens with zero attached hydrogens (tertiary/aromatic N) is 2. The van der Waals surface area contributed by atoms with Crippen LogP contribution in [0.3, 0.4) is 0 Å². The summed E-state index contributed by atoms with van der Waals surface area (Å²) in [7, 11) is -3.66. The number of carboxylic acid groups (broad SMARTS) is 1. The third-order valence-corrected chi connectivity index (χ3v) is 8.84. The second-order valence-electron chi connectivity index (χ2n) is 9.14. The van der Waals surface area contributed by atoms with Crippen LogP contribution in [0.15, 0.2) is 35.2 Å². The van der Waals surface area contributed by atoms with Gasteiger partial charge in [0.1, 0.15) is 6.54 Å². The summed E-state index contributed by atoms with van der Waals surface area (Å²) in [5.74, 6) is -1.55. The minimum atomic E-state index is -4.84. The van der Waals surface area contributed by atoms with Gasteiger partial charge in [0.25, 0.3) is 5.91 Å². The van der Waals surface area contributed by atoms with Crippen LogP contribution in [0.1, 0.15) is 34.0 Å². The number of amides is 3. The first-order chi connectivity index (χ1) is 19.1. The third kappa shape index (κ3) is 8.47. The van der Waals surface area contributed by atoms with Crippen LogP contribution in [0.25, 0.3) is 0 Å². The first kappa shape index (κ1) is 32.4. The monoisotopic (exact) mass is 638 g/mol. The van der Waals surface area contributed by atoms with E-state index in [2.05, 4.69) is 5.32 Å². The number of hydrogen-bond acceptors (Lipinski definition) is 6. The van der Waals surface area contributed by atoms with Crippen LogP contribution < -0.4 is 10.6 Å². The second kappa shape index (κ2) is 13.3. The van der Waals surface area contributed by atoms with Gasteiger partial charge in [0.05, 0.1) is 16.2 Å². The first-order valence-electron chi connectivity index (χ1n) is 12.3. The average Bonchev–Trinajstić information content (AvgIpc) is 2.90. The minimum Gasteiger partial charge on any atom is -0.465 e. The molecule has 1 aliphatic rings. The van der Waals surface area contributed by atoms with Crippen LogP contribution >= 0.6 is 23.2 Å². The predicted molar refractivity (Wildman–Crippen MR) is 145 cm³/mol. The zero-order valence-corrected chi connectivity index (χ0v) is 24.1. The summed E-state index contributed by atoms with van der Waals surface area (Å²) in [5.41, 5.74) is -1.53. The van der Waals surface area contributed by atoms with E-state index in [1.165, 1.54) is 30.0 Å². The van der Waals surface area contributed by atoms with E-state index >= 15 is 0 Å². The molecule has 0 atom stereocenters. The molecule has 0 radical (unpaired) electrons. The molecule has 10 nitrogen and oxygen atoms in total. The summed E-state index contributed by atoms with van der Waals surface area (Å²) in [6.07, 6.45) is -6.19. The highest BCUT2D eigenvalue weighted by Gasteiger charge is 2.36. The van der Waals surface area contributed by atoms with Gasteiger partial charge in [-0.1, -0.05) is 30.1 Å². The van der Waals surface area contributed by atoms with Crippen LogP contribution in [0.2, 0.25) is 10.0 Å². The summed E-state index contributed by atoms with van der Waals surface area (Å²) in [4.78, 5) is 38.5. The number of piperazine rings is 1. The van der Waals surface area contributed by atoms with Gasteiger partial charge in [-0.05, 0) is 41.5 Å². The van der Waals surface area contributed by atoms with Crippen LogP contribution in [0.4, 0.5) is 18.0 Å². The minimum absolute atomic E-state index is 0.0472. The first-order valence-corrected chi connectivity index (χ1v) is 14.7. The van der Waals surface area contributed by atoms with Gasteiger partial charge in [-0.15, -0.1) is 0 Å². The molecule has 0 spiro atoms. The highest BCUT2D eigenvalue weighted by molar-refractivity contribution is 7.91. The van der Waals surface area contributed by atoms with Crippen molar-refractivity contribution in [3.63, 3.8) is 0 Å². The van der Waals surface area contributed by atoms with Gasteiger partial charge in [0, 0.05) is 54.9 Å². The Hall–Kier alpha value is -3.07. The molecule has 224 valence electrons. The van der Waals surface area contributed by atoms with E-state index in [1.54, 1.807) is 4.90 Å². The maximum Gasteiger partial charge on any atom is 0.416 e. The third-order valence-electron chi connectivity index (χ3n) is 6.44. The summed E-state index contributed by atoms with van der Waals surface area (Å²) in [6.45, 7) is 1.33. The van der Waals surface area contributed by atoms with Crippen molar-refractivity contribution in [2.75, 3.05) is 38.5 Å². The molecule has 2 aromatic rings. The number of sulfone groups is 1. The molecule has 0 saturated carbocycles. The Morgan fingerprint density at radius 2 is 1.68 bits per heavy atom. The average molecular weight is 639 g/mol. The van der Waals surface area contributed by atoms with E-state index < -0.39 is 46.0 Å². The Bertz CT molecular complexity index is 1430. The fourth-order valence-corrected chi connectivity index (χ4v) is 5.84. The number of carbonyl (C=O) groups excluding carboxylic acids is 2. The van der Waals surface area contributed by atoms with Gasteiger partial charge in [0.2, 0.25) is 5.91 Å². The normalized spacial score (nSPS) is 14.5. The fraction of sp³-hybridized carbons (Fsp3) is 0.400. The Morgan fingerprint density at radius 1 is 1.02 bits per heavy atom. The summed E-state index contributed by atoms with van der Waals surface area (Å²) in [5, 5.41) is 13.0. The molecular weight excluding hydrogens is 612 g/mol. The molecule has 3 rings (SSSR count). The van der Waals surface area contributed by atoms with Crippen molar-refractivity contribution >= 4 is 50.9 Å². The molecule has 16 heteroatoms. The van der Waals surface area contributed by atoms with Crippen molar-refractivity contribution in [1.29, 1.82) is 0 Å². The molecule has 0 unspecified atom stereocenters. The number of alkyl halides is 3. The molecule has 2 aromatic carbocycles. The van der Waals surface area contributed by atoms with E-state index in [-0.39, 0.29) is 76.7 Å². The van der Waals surface area contributed by atoms with Gasteiger partial charge in [0.15, 0.2) is 9.84 Å². The van der Waals surface area contributed by atoms with Crippen molar-refractivity contribution in [3.05, 3.63) is 62.6 Å². The Kier molecular flexibility index (Phi) is 10.5. The van der Waals surface area contributed by atoms with Crippen molar-refractivity contribution in [3.8, 4) is 0 Å². The zero-order chi connectivity index (χ0) is 30.5. The highest BCUT2D eigenvalue weighted by atomic mass is 35.5. The van der Waals surface area contributed by atoms with Crippen LogP contribution in [-0.4, -0.2) is 79.7 Å². The molecule has 41 heavy (non-hydrogen) atoms. The Morgan fingerprint density at radius 3 is 2.27 bits per heavy atom. The van der Waals surface area contributed by atoms with E-state index in [0.717, 1.165) is 6.07 Å². The summed E-state index contributed by atoms with van der Waals surface area (Å²) in [6, 6.07) is 5.85. The molecular formula is C25H27Cl2F3N4O6S. The lowest BCUT2D eigenvalue weighted by molar-refractivity contribution is -0.138. The van der Waals surface area contributed by atoms with Gasteiger partial charge >= 0.3 is 12.3 Å². The lowest BCUT2D eigenvalue weighted by Gasteiger charge is -2.35. The maximum absolute atomic E-state index is 14.1.